The van der Waals surface area contributed by atoms with Crippen molar-refractivity contribution in [3.63, 3.8) is 0 Å². The fourth-order valence-corrected chi connectivity index (χ4v) is 1.45. The van der Waals surface area contributed by atoms with Crippen LogP contribution < -0.4 is 5.32 Å². The van der Waals surface area contributed by atoms with Gasteiger partial charge in [-0.05, 0) is 24.1 Å². The third kappa shape index (κ3) is 2.15. The summed E-state index contributed by atoms with van der Waals surface area (Å²) in [6.07, 6.45) is 3.10. The van der Waals surface area contributed by atoms with Gasteiger partial charge in [-0.15, -0.1) is 0 Å². The van der Waals surface area contributed by atoms with Gasteiger partial charge in [0.2, 0.25) is 0 Å². The maximum atomic E-state index is 7.29. The van der Waals surface area contributed by atoms with Gasteiger partial charge in [0.05, 0.1) is 0 Å². The van der Waals surface area contributed by atoms with Crippen molar-refractivity contribution < 1.29 is 0 Å². The monoisotopic (exact) mass is 208 g/mol. The molecule has 0 aromatic heterocycles. The molecule has 3 heteroatoms. The lowest BCUT2D eigenvalue weighted by molar-refractivity contribution is 1.11. The summed E-state index contributed by atoms with van der Waals surface area (Å²) in [4.78, 5) is 0. The second-order valence-corrected chi connectivity index (χ2v) is 3.35. The molecule has 0 heterocycles. The average Bonchev–Trinajstić information content (AvgIpc) is 2.19. The molecule has 0 aliphatic heterocycles. The maximum absolute atomic E-state index is 7.29. The molecule has 0 aliphatic rings. The first-order valence-electron chi connectivity index (χ1n) is 4.34. The van der Waals surface area contributed by atoms with E-state index in [9.17, 15) is 0 Å². The van der Waals surface area contributed by atoms with E-state index in [-0.39, 0.29) is 0 Å². The molecule has 0 radical (unpaired) electrons. The van der Waals surface area contributed by atoms with Crippen LogP contribution in [0.1, 0.15) is 11.1 Å². The van der Waals surface area contributed by atoms with E-state index in [0.29, 0.717) is 0 Å². The van der Waals surface area contributed by atoms with Crippen molar-refractivity contribution in [1.82, 2.24) is 5.32 Å². The molecular weight excluding hydrogens is 196 g/mol. The molecule has 0 amide bonds. The lowest BCUT2D eigenvalue weighted by Gasteiger charge is -2.07. The Hall–Kier alpha value is -1.28. The fourth-order valence-electron chi connectivity index (χ4n) is 1.27. The van der Waals surface area contributed by atoms with Crippen LogP contribution in [0.4, 0.5) is 0 Å². The fraction of sp³-hybridized carbons (Fsp3) is 0.182. The number of benzene rings is 1. The van der Waals surface area contributed by atoms with Crippen molar-refractivity contribution in [2.45, 2.75) is 6.92 Å². The van der Waals surface area contributed by atoms with Gasteiger partial charge in [0.25, 0.3) is 0 Å². The molecule has 0 spiro atoms. The van der Waals surface area contributed by atoms with Crippen LogP contribution in [-0.2, 0) is 0 Å². The summed E-state index contributed by atoms with van der Waals surface area (Å²) < 4.78 is 0. The van der Waals surface area contributed by atoms with Gasteiger partial charge in [-0.3, -0.25) is 0 Å². The highest BCUT2D eigenvalue weighted by atomic mass is 35.5. The van der Waals surface area contributed by atoms with Crippen LogP contribution in [0, 0.1) is 12.3 Å². The van der Waals surface area contributed by atoms with Crippen molar-refractivity contribution in [3.8, 4) is 0 Å². The van der Waals surface area contributed by atoms with Gasteiger partial charge in [0.15, 0.2) is 0 Å². The highest BCUT2D eigenvalue weighted by molar-refractivity contribution is 6.31. The predicted molar refractivity (Wildman–Crippen MR) is 62.0 cm³/mol. The van der Waals surface area contributed by atoms with Gasteiger partial charge in [0.1, 0.15) is 0 Å². The van der Waals surface area contributed by atoms with Crippen molar-refractivity contribution in [3.05, 3.63) is 40.5 Å². The first kappa shape index (κ1) is 10.8. The summed E-state index contributed by atoms with van der Waals surface area (Å²) in [5, 5.41) is 10.9. The van der Waals surface area contributed by atoms with Gasteiger partial charge in [-0.2, -0.15) is 0 Å². The van der Waals surface area contributed by atoms with Gasteiger partial charge in [-0.25, -0.2) is 0 Å². The molecule has 0 saturated heterocycles. The Kier molecular flexibility index (Phi) is 3.72. The highest BCUT2D eigenvalue weighted by Gasteiger charge is 2.04. The third-order valence-corrected chi connectivity index (χ3v) is 2.44. The number of allylic oxidation sites excluding steroid dienone is 1. The molecule has 0 saturated carbocycles. The van der Waals surface area contributed by atoms with Crippen LogP contribution in [0.5, 0.6) is 0 Å². The Labute approximate surface area is 89.1 Å². The molecule has 2 nitrogen and oxygen atoms in total. The van der Waals surface area contributed by atoms with E-state index in [1.165, 1.54) is 6.21 Å². The van der Waals surface area contributed by atoms with Crippen LogP contribution in [0.15, 0.2) is 24.4 Å². The second-order valence-electron chi connectivity index (χ2n) is 2.95. The first-order chi connectivity index (χ1) is 6.70. The van der Waals surface area contributed by atoms with Gasteiger partial charge in [-0.1, -0.05) is 23.7 Å². The largest absolute Gasteiger partial charge is 0.393 e. The Bertz CT molecular complexity index is 370. The summed E-state index contributed by atoms with van der Waals surface area (Å²) in [5.41, 5.74) is 2.81. The molecule has 14 heavy (non-hydrogen) atoms. The quantitative estimate of drug-likeness (QED) is 0.737. The lowest BCUT2D eigenvalue weighted by Crippen LogP contribution is -1.98. The first-order valence-corrected chi connectivity index (χ1v) is 4.72. The number of nitrogens with one attached hydrogen (secondary N) is 2. The summed E-state index contributed by atoms with van der Waals surface area (Å²) >= 11 is 5.99. The summed E-state index contributed by atoms with van der Waals surface area (Å²) in [7, 11) is 1.81. The zero-order valence-electron chi connectivity index (χ0n) is 8.26. The van der Waals surface area contributed by atoms with E-state index < -0.39 is 0 Å². The SMILES string of the molecule is CN/C=C(\C=N)c1cccc(Cl)c1C. The molecule has 0 unspecified atom stereocenters. The van der Waals surface area contributed by atoms with Crippen LogP contribution in [-0.4, -0.2) is 13.3 Å². The van der Waals surface area contributed by atoms with Gasteiger partial charge < -0.3 is 10.7 Å². The number of hydrogen-bond donors (Lipinski definition) is 2. The zero-order valence-corrected chi connectivity index (χ0v) is 9.02. The van der Waals surface area contributed by atoms with Crippen molar-refractivity contribution in [2.75, 3.05) is 7.05 Å². The molecule has 2 N–H and O–H groups in total. The van der Waals surface area contributed by atoms with Crippen LogP contribution in [0.3, 0.4) is 0 Å². The van der Waals surface area contributed by atoms with Crippen molar-refractivity contribution in [2.24, 2.45) is 0 Å². The van der Waals surface area contributed by atoms with E-state index in [1.807, 2.05) is 32.2 Å². The summed E-state index contributed by atoms with van der Waals surface area (Å²) in [6, 6.07) is 5.69. The Morgan fingerprint density at radius 3 is 2.79 bits per heavy atom. The minimum atomic E-state index is 0.728. The minimum Gasteiger partial charge on any atom is -0.393 e. The van der Waals surface area contributed by atoms with E-state index in [0.717, 1.165) is 21.7 Å². The average molecular weight is 209 g/mol. The molecule has 1 aromatic carbocycles. The van der Waals surface area contributed by atoms with E-state index in [1.54, 1.807) is 6.20 Å². The Morgan fingerprint density at radius 1 is 1.50 bits per heavy atom. The summed E-state index contributed by atoms with van der Waals surface area (Å²) in [5.74, 6) is 0. The van der Waals surface area contributed by atoms with E-state index in [4.69, 9.17) is 17.0 Å². The Morgan fingerprint density at radius 2 is 2.21 bits per heavy atom. The smallest absolute Gasteiger partial charge is 0.0441 e. The molecular formula is C11H13ClN2. The van der Waals surface area contributed by atoms with Gasteiger partial charge in [0, 0.05) is 30.1 Å². The van der Waals surface area contributed by atoms with Crippen LogP contribution in [0.25, 0.3) is 5.57 Å². The predicted octanol–water partition coefficient (Wildman–Crippen LogP) is 2.86. The lowest BCUT2D eigenvalue weighted by atomic mass is 10.0. The number of hydrogen-bond acceptors (Lipinski definition) is 2. The highest BCUT2D eigenvalue weighted by Crippen LogP contribution is 2.23. The molecule has 1 rings (SSSR count). The normalized spacial score (nSPS) is 11.2. The third-order valence-electron chi connectivity index (χ3n) is 2.03. The molecule has 0 atom stereocenters. The van der Waals surface area contributed by atoms with Crippen molar-refractivity contribution in [1.29, 1.82) is 5.41 Å². The molecule has 74 valence electrons. The minimum absolute atomic E-state index is 0.728. The molecule has 0 fully saturated rings. The van der Waals surface area contributed by atoms with Crippen LogP contribution in [0.2, 0.25) is 5.02 Å². The second kappa shape index (κ2) is 4.82. The Balaban J connectivity index is 3.24. The molecule has 1 aromatic rings. The van der Waals surface area contributed by atoms with E-state index in [2.05, 4.69) is 5.32 Å². The maximum Gasteiger partial charge on any atom is 0.0441 e. The van der Waals surface area contributed by atoms with Gasteiger partial charge >= 0.3 is 0 Å². The zero-order chi connectivity index (χ0) is 10.6. The van der Waals surface area contributed by atoms with Crippen molar-refractivity contribution >= 4 is 23.4 Å². The van der Waals surface area contributed by atoms with Crippen LogP contribution >= 0.6 is 11.6 Å². The molecule has 0 bridgehead atoms. The number of halogens is 1. The topological polar surface area (TPSA) is 35.9 Å². The standard InChI is InChI=1S/C11H13ClN2/c1-8-10(4-3-5-11(8)12)9(6-13)7-14-2/h3-7,13-14H,1-2H3/b9-7+,13-6?. The summed E-state index contributed by atoms with van der Waals surface area (Å²) in [6.45, 7) is 1.95. The molecule has 0 aliphatic carbocycles. The number of rotatable bonds is 3. The van der Waals surface area contributed by atoms with E-state index >= 15 is 0 Å².